The number of hydrogen-bond acceptors (Lipinski definition) is 2. The molecule has 3 unspecified atom stereocenters. The van der Waals surface area contributed by atoms with E-state index in [2.05, 4.69) is 5.92 Å². The standard InChI is InChI=1S/C11H15ClF3N2O/c1-4-5-18-10-8(12)6-7(11(13,14)15)9(16)17(10,2)3/h1,6,8-10H,5,16H2,2-3H3/q+1. The first kappa shape index (κ1) is 15.3. The van der Waals surface area contributed by atoms with E-state index in [9.17, 15) is 13.2 Å². The molecule has 0 fully saturated rings. The van der Waals surface area contributed by atoms with E-state index in [1.165, 1.54) is 14.1 Å². The molecule has 0 aromatic rings. The van der Waals surface area contributed by atoms with Crippen molar-refractivity contribution in [1.29, 1.82) is 0 Å². The number of halogens is 4. The Balaban J connectivity index is 3.10. The van der Waals surface area contributed by atoms with Gasteiger partial charge < -0.3 is 4.74 Å². The number of quaternary nitrogens is 1. The van der Waals surface area contributed by atoms with E-state index >= 15 is 0 Å². The fourth-order valence-corrected chi connectivity index (χ4v) is 2.41. The highest BCUT2D eigenvalue weighted by Gasteiger charge is 2.52. The number of ether oxygens (including phenoxy) is 1. The maximum Gasteiger partial charge on any atom is 0.419 e. The van der Waals surface area contributed by atoms with Gasteiger partial charge in [0.2, 0.25) is 6.23 Å². The third-order valence-electron chi connectivity index (χ3n) is 2.97. The third kappa shape index (κ3) is 2.81. The number of likely N-dealkylation sites (N-methyl/N-ethyl adjacent to an activating group) is 1. The lowest BCUT2D eigenvalue weighted by Gasteiger charge is -2.46. The lowest BCUT2D eigenvalue weighted by Crippen LogP contribution is -2.67. The normalized spacial score (nSPS) is 31.7. The quantitative estimate of drug-likeness (QED) is 0.360. The summed E-state index contributed by atoms with van der Waals surface area (Å²) in [5, 5.41) is -0.940. The number of hydrogen-bond donors (Lipinski definition) is 1. The van der Waals surface area contributed by atoms with E-state index in [0.29, 0.717) is 0 Å². The average molecular weight is 284 g/mol. The van der Waals surface area contributed by atoms with Crippen LogP contribution in [-0.2, 0) is 4.74 Å². The number of nitrogens with two attached hydrogens (primary N) is 1. The Hall–Kier alpha value is -0.740. The van der Waals surface area contributed by atoms with E-state index in [1.54, 1.807) is 0 Å². The third-order valence-corrected chi connectivity index (χ3v) is 3.31. The summed E-state index contributed by atoms with van der Waals surface area (Å²) in [6.45, 7) is -0.0303. The highest BCUT2D eigenvalue weighted by Crippen LogP contribution is 2.37. The SMILES string of the molecule is C#CCOC1C(Cl)C=C(C(F)(F)F)C(N)[N+]1(C)C. The summed E-state index contributed by atoms with van der Waals surface area (Å²) >= 11 is 5.93. The van der Waals surface area contributed by atoms with E-state index in [4.69, 9.17) is 28.5 Å². The van der Waals surface area contributed by atoms with Crippen molar-refractivity contribution in [2.75, 3.05) is 20.7 Å². The zero-order chi connectivity index (χ0) is 14.1. The van der Waals surface area contributed by atoms with Crippen LogP contribution in [0.15, 0.2) is 11.6 Å². The van der Waals surface area contributed by atoms with Crippen LogP contribution >= 0.6 is 11.6 Å². The zero-order valence-electron chi connectivity index (χ0n) is 10.0. The van der Waals surface area contributed by atoms with E-state index in [1.807, 2.05) is 0 Å². The highest BCUT2D eigenvalue weighted by atomic mass is 35.5. The van der Waals surface area contributed by atoms with Crippen LogP contribution < -0.4 is 5.73 Å². The fraction of sp³-hybridized carbons (Fsp3) is 0.636. The van der Waals surface area contributed by atoms with E-state index in [-0.39, 0.29) is 11.1 Å². The first-order chi connectivity index (χ1) is 8.12. The van der Waals surface area contributed by atoms with Crippen LogP contribution in [0.1, 0.15) is 0 Å². The van der Waals surface area contributed by atoms with Crippen LogP contribution in [0.2, 0.25) is 0 Å². The predicted molar refractivity (Wildman–Crippen MR) is 62.4 cm³/mol. The maximum absolute atomic E-state index is 12.8. The Labute approximate surface area is 109 Å². The lowest BCUT2D eigenvalue weighted by molar-refractivity contribution is -0.956. The van der Waals surface area contributed by atoms with Gasteiger partial charge in [0.25, 0.3) is 0 Å². The molecule has 0 aromatic heterocycles. The molecule has 2 N–H and O–H groups in total. The molecule has 3 nitrogen and oxygen atoms in total. The van der Waals surface area contributed by atoms with Crippen molar-refractivity contribution in [2.24, 2.45) is 5.73 Å². The van der Waals surface area contributed by atoms with Gasteiger partial charge in [-0.25, -0.2) is 0 Å². The minimum atomic E-state index is -4.50. The molecule has 102 valence electrons. The van der Waals surface area contributed by atoms with E-state index < -0.39 is 29.5 Å². The van der Waals surface area contributed by atoms with Gasteiger partial charge in [-0.2, -0.15) is 13.2 Å². The molecule has 1 aliphatic rings. The molecule has 1 rings (SSSR count). The molecule has 1 heterocycles. The summed E-state index contributed by atoms with van der Waals surface area (Å²) in [4.78, 5) is 0. The van der Waals surface area contributed by atoms with Crippen molar-refractivity contribution in [2.45, 2.75) is 23.9 Å². The van der Waals surface area contributed by atoms with Gasteiger partial charge in [0.15, 0.2) is 6.17 Å². The molecule has 0 aliphatic carbocycles. The topological polar surface area (TPSA) is 35.2 Å². The number of nitrogens with zero attached hydrogens (tertiary/aromatic N) is 1. The minimum Gasteiger partial charge on any atom is -0.315 e. The summed E-state index contributed by atoms with van der Waals surface area (Å²) in [5.74, 6) is 2.26. The second kappa shape index (κ2) is 5.10. The summed E-state index contributed by atoms with van der Waals surface area (Å²) in [6, 6.07) is 0. The van der Waals surface area contributed by atoms with Crippen molar-refractivity contribution in [3.05, 3.63) is 11.6 Å². The Morgan fingerprint density at radius 1 is 1.56 bits per heavy atom. The van der Waals surface area contributed by atoms with Crippen molar-refractivity contribution in [3.8, 4) is 12.3 Å². The van der Waals surface area contributed by atoms with Crippen molar-refractivity contribution in [1.82, 2.24) is 0 Å². The van der Waals surface area contributed by atoms with Crippen LogP contribution in [0.5, 0.6) is 0 Å². The van der Waals surface area contributed by atoms with Gasteiger partial charge in [-0.3, -0.25) is 10.2 Å². The number of alkyl halides is 4. The zero-order valence-corrected chi connectivity index (χ0v) is 10.8. The molecule has 0 saturated heterocycles. The molecule has 0 amide bonds. The first-order valence-electron chi connectivity index (χ1n) is 5.19. The summed E-state index contributed by atoms with van der Waals surface area (Å²) in [6.07, 6.45) is -0.522. The lowest BCUT2D eigenvalue weighted by atomic mass is 10.0. The summed E-state index contributed by atoms with van der Waals surface area (Å²) in [5.41, 5.74) is 4.82. The second-order valence-electron chi connectivity index (χ2n) is 4.54. The van der Waals surface area contributed by atoms with Crippen LogP contribution in [0.4, 0.5) is 13.2 Å². The Bertz CT molecular complexity index is 387. The first-order valence-corrected chi connectivity index (χ1v) is 5.63. The molecule has 0 spiro atoms. The Kier molecular flexibility index (Phi) is 4.34. The molecule has 0 aromatic carbocycles. The molecular formula is C11H15ClF3N2O+. The maximum atomic E-state index is 12.8. The smallest absolute Gasteiger partial charge is 0.315 e. The summed E-state index contributed by atoms with van der Waals surface area (Å²) < 4.78 is 43.5. The van der Waals surface area contributed by atoms with E-state index in [0.717, 1.165) is 6.08 Å². The van der Waals surface area contributed by atoms with Crippen molar-refractivity contribution in [3.63, 3.8) is 0 Å². The summed E-state index contributed by atoms with van der Waals surface area (Å²) in [7, 11) is 3.06. The van der Waals surface area contributed by atoms with Gasteiger partial charge in [0.05, 0.1) is 14.1 Å². The van der Waals surface area contributed by atoms with Gasteiger partial charge in [0.1, 0.15) is 17.6 Å². The molecule has 1 aliphatic heterocycles. The van der Waals surface area contributed by atoms with Crippen molar-refractivity contribution >= 4 is 11.6 Å². The molecule has 0 bridgehead atoms. The molecule has 18 heavy (non-hydrogen) atoms. The van der Waals surface area contributed by atoms with Crippen molar-refractivity contribution < 1.29 is 22.4 Å². The fourth-order valence-electron chi connectivity index (χ4n) is 1.92. The molecule has 3 atom stereocenters. The van der Waals surface area contributed by atoms with Crippen LogP contribution in [-0.4, -0.2) is 49.1 Å². The van der Waals surface area contributed by atoms with Gasteiger partial charge in [-0.1, -0.05) is 5.92 Å². The van der Waals surface area contributed by atoms with Gasteiger partial charge in [-0.05, 0) is 6.08 Å². The minimum absolute atomic E-state index is 0.0303. The predicted octanol–water partition coefficient (Wildman–Crippen LogP) is 1.43. The molecule has 0 radical (unpaired) electrons. The second-order valence-corrected chi connectivity index (χ2v) is 5.05. The Morgan fingerprint density at radius 2 is 2.11 bits per heavy atom. The Morgan fingerprint density at radius 3 is 2.56 bits per heavy atom. The van der Waals surface area contributed by atoms with Gasteiger partial charge in [0, 0.05) is 0 Å². The van der Waals surface area contributed by atoms with Gasteiger partial charge in [-0.15, -0.1) is 18.0 Å². The average Bonchev–Trinajstić information content (AvgIpc) is 2.22. The molecule has 7 heteroatoms. The molecule has 0 saturated carbocycles. The molecular weight excluding hydrogens is 269 g/mol. The van der Waals surface area contributed by atoms with Gasteiger partial charge >= 0.3 is 6.18 Å². The number of rotatable bonds is 2. The highest BCUT2D eigenvalue weighted by molar-refractivity contribution is 6.22. The largest absolute Gasteiger partial charge is 0.419 e. The monoisotopic (exact) mass is 283 g/mol. The van der Waals surface area contributed by atoms with Crippen LogP contribution in [0, 0.1) is 12.3 Å². The number of terminal acetylenes is 1. The van der Waals surface area contributed by atoms with Crippen LogP contribution in [0.3, 0.4) is 0 Å². The van der Waals surface area contributed by atoms with Crippen LogP contribution in [0.25, 0.3) is 0 Å².